The van der Waals surface area contributed by atoms with Gasteiger partial charge in [-0.05, 0) is 12.1 Å². The summed E-state index contributed by atoms with van der Waals surface area (Å²) < 4.78 is 9.55. The van der Waals surface area contributed by atoms with Crippen LogP contribution in [0.15, 0.2) is 17.1 Å². The zero-order valence-electron chi connectivity index (χ0n) is 10.2. The lowest BCUT2D eigenvalue weighted by Gasteiger charge is -2.08. The number of aliphatic hydroxyl groups excluding tert-OH is 1. The number of benzene rings is 1. The van der Waals surface area contributed by atoms with Crippen molar-refractivity contribution in [1.29, 1.82) is 0 Å². The molecule has 0 aliphatic heterocycles. The van der Waals surface area contributed by atoms with E-state index in [-0.39, 0.29) is 30.2 Å². The van der Waals surface area contributed by atoms with Gasteiger partial charge in [0.2, 0.25) is 0 Å². The fourth-order valence-corrected chi connectivity index (χ4v) is 1.34. The van der Waals surface area contributed by atoms with Crippen LogP contribution in [0, 0.1) is 0 Å². The SMILES string of the molecule is COC(=O)c1cc(C=NCCO)c(O)c(OC)c1. The molecule has 1 aromatic rings. The number of hydrogen-bond acceptors (Lipinski definition) is 6. The third-order valence-electron chi connectivity index (χ3n) is 2.20. The Balaban J connectivity index is 3.18. The number of rotatable bonds is 5. The van der Waals surface area contributed by atoms with Crippen LogP contribution in [0.3, 0.4) is 0 Å². The van der Waals surface area contributed by atoms with E-state index in [0.717, 1.165) is 0 Å². The summed E-state index contributed by atoms with van der Waals surface area (Å²) in [6, 6.07) is 2.81. The second-order valence-electron chi connectivity index (χ2n) is 3.37. The maximum Gasteiger partial charge on any atom is 0.338 e. The van der Waals surface area contributed by atoms with Crippen molar-refractivity contribution in [1.82, 2.24) is 0 Å². The van der Waals surface area contributed by atoms with E-state index in [1.54, 1.807) is 0 Å². The van der Waals surface area contributed by atoms with Crippen molar-refractivity contribution >= 4 is 12.2 Å². The smallest absolute Gasteiger partial charge is 0.338 e. The van der Waals surface area contributed by atoms with Gasteiger partial charge in [0.05, 0.1) is 32.9 Å². The number of carbonyl (C=O) groups excluding carboxylic acids is 1. The molecule has 1 aromatic carbocycles. The average molecular weight is 253 g/mol. The standard InChI is InChI=1S/C12H15NO5/c1-17-10-6-8(12(16)18-2)5-9(11(10)15)7-13-3-4-14/h5-7,14-15H,3-4H2,1-2H3. The molecule has 0 aliphatic rings. The Morgan fingerprint density at radius 2 is 2.17 bits per heavy atom. The predicted molar refractivity (Wildman–Crippen MR) is 65.5 cm³/mol. The number of ether oxygens (including phenoxy) is 2. The van der Waals surface area contributed by atoms with E-state index in [9.17, 15) is 9.90 Å². The van der Waals surface area contributed by atoms with E-state index in [2.05, 4.69) is 9.73 Å². The van der Waals surface area contributed by atoms with E-state index >= 15 is 0 Å². The number of methoxy groups -OCH3 is 2. The Bertz CT molecular complexity index is 456. The summed E-state index contributed by atoms with van der Waals surface area (Å²) in [7, 11) is 2.64. The summed E-state index contributed by atoms with van der Waals surface area (Å²) in [5.74, 6) is -0.500. The molecule has 0 unspecified atom stereocenters. The van der Waals surface area contributed by atoms with E-state index < -0.39 is 5.97 Å². The second kappa shape index (κ2) is 6.61. The van der Waals surface area contributed by atoms with Gasteiger partial charge in [-0.2, -0.15) is 0 Å². The molecule has 6 heteroatoms. The fraction of sp³-hybridized carbons (Fsp3) is 0.333. The highest BCUT2D eigenvalue weighted by Crippen LogP contribution is 2.30. The Labute approximate surface area is 104 Å². The number of esters is 1. The Morgan fingerprint density at radius 3 is 2.72 bits per heavy atom. The molecule has 0 heterocycles. The van der Waals surface area contributed by atoms with Crippen LogP contribution in [0.1, 0.15) is 15.9 Å². The number of aromatic hydroxyl groups is 1. The van der Waals surface area contributed by atoms with Gasteiger partial charge in [-0.15, -0.1) is 0 Å². The number of aliphatic imine (C=N–C) groups is 1. The lowest BCUT2D eigenvalue weighted by atomic mass is 10.1. The summed E-state index contributed by atoms with van der Waals surface area (Å²) in [6.45, 7) is 0.120. The first-order chi connectivity index (χ1) is 8.63. The molecule has 6 nitrogen and oxygen atoms in total. The topological polar surface area (TPSA) is 88.4 Å². The minimum absolute atomic E-state index is 0.0922. The molecular weight excluding hydrogens is 238 g/mol. The van der Waals surface area contributed by atoms with Gasteiger partial charge < -0.3 is 19.7 Å². The Kier molecular flexibility index (Phi) is 5.13. The molecular formula is C12H15NO5. The summed E-state index contributed by atoms with van der Waals surface area (Å²) in [5, 5.41) is 18.5. The molecule has 0 amide bonds. The number of phenolic OH excluding ortho intramolecular Hbond substituents is 1. The third-order valence-corrected chi connectivity index (χ3v) is 2.20. The molecule has 0 fully saturated rings. The maximum absolute atomic E-state index is 11.4. The van der Waals surface area contributed by atoms with Gasteiger partial charge in [-0.25, -0.2) is 4.79 Å². The molecule has 0 aromatic heterocycles. The molecule has 1 rings (SSSR count). The fourth-order valence-electron chi connectivity index (χ4n) is 1.34. The average Bonchev–Trinajstić information content (AvgIpc) is 2.40. The van der Waals surface area contributed by atoms with Gasteiger partial charge in [-0.1, -0.05) is 0 Å². The van der Waals surface area contributed by atoms with Crippen LogP contribution in [-0.2, 0) is 4.74 Å². The van der Waals surface area contributed by atoms with Crippen LogP contribution >= 0.6 is 0 Å². The highest BCUT2D eigenvalue weighted by molar-refractivity contribution is 5.94. The molecule has 0 radical (unpaired) electrons. The van der Waals surface area contributed by atoms with Gasteiger partial charge in [-0.3, -0.25) is 4.99 Å². The number of aliphatic hydroxyl groups is 1. The molecule has 0 saturated heterocycles. The van der Waals surface area contributed by atoms with Gasteiger partial charge in [0.1, 0.15) is 0 Å². The van der Waals surface area contributed by atoms with E-state index in [1.165, 1.54) is 32.6 Å². The zero-order chi connectivity index (χ0) is 13.5. The maximum atomic E-state index is 11.4. The first-order valence-electron chi connectivity index (χ1n) is 5.24. The van der Waals surface area contributed by atoms with E-state index in [4.69, 9.17) is 9.84 Å². The van der Waals surface area contributed by atoms with Crippen molar-refractivity contribution in [3.8, 4) is 11.5 Å². The molecule has 0 aliphatic carbocycles. The summed E-state index contributed by atoms with van der Waals surface area (Å²) in [5.41, 5.74) is 0.570. The van der Waals surface area contributed by atoms with Crippen LogP contribution in [0.2, 0.25) is 0 Å². The van der Waals surface area contributed by atoms with Crippen LogP contribution in [-0.4, -0.2) is 49.8 Å². The molecule has 0 atom stereocenters. The zero-order valence-corrected chi connectivity index (χ0v) is 10.2. The first-order valence-corrected chi connectivity index (χ1v) is 5.24. The normalized spacial score (nSPS) is 10.6. The third kappa shape index (κ3) is 3.21. The Morgan fingerprint density at radius 1 is 1.44 bits per heavy atom. The van der Waals surface area contributed by atoms with Crippen molar-refractivity contribution < 1.29 is 24.5 Å². The van der Waals surface area contributed by atoms with Crippen LogP contribution < -0.4 is 4.74 Å². The lowest BCUT2D eigenvalue weighted by molar-refractivity contribution is 0.0600. The highest BCUT2D eigenvalue weighted by atomic mass is 16.5. The monoisotopic (exact) mass is 253 g/mol. The largest absolute Gasteiger partial charge is 0.504 e. The van der Waals surface area contributed by atoms with Crippen LogP contribution in [0.25, 0.3) is 0 Å². The van der Waals surface area contributed by atoms with Gasteiger partial charge in [0.25, 0.3) is 0 Å². The highest BCUT2D eigenvalue weighted by Gasteiger charge is 2.14. The molecule has 0 saturated carbocycles. The Hall–Kier alpha value is -2.08. The minimum atomic E-state index is -0.537. The molecule has 0 bridgehead atoms. The van der Waals surface area contributed by atoms with E-state index in [0.29, 0.717) is 5.56 Å². The molecule has 18 heavy (non-hydrogen) atoms. The lowest BCUT2D eigenvalue weighted by Crippen LogP contribution is -2.03. The second-order valence-corrected chi connectivity index (χ2v) is 3.37. The van der Waals surface area contributed by atoms with Crippen molar-refractivity contribution in [2.45, 2.75) is 0 Å². The van der Waals surface area contributed by atoms with E-state index in [1.807, 2.05) is 0 Å². The quantitative estimate of drug-likeness (QED) is 0.592. The van der Waals surface area contributed by atoms with Crippen molar-refractivity contribution in [3.63, 3.8) is 0 Å². The first kappa shape index (κ1) is 14.0. The van der Waals surface area contributed by atoms with Crippen LogP contribution in [0.5, 0.6) is 11.5 Å². The number of hydrogen-bond donors (Lipinski definition) is 2. The summed E-state index contributed by atoms with van der Waals surface area (Å²) in [4.78, 5) is 15.3. The summed E-state index contributed by atoms with van der Waals surface area (Å²) in [6.07, 6.45) is 1.36. The number of nitrogens with zero attached hydrogens (tertiary/aromatic N) is 1. The van der Waals surface area contributed by atoms with Gasteiger partial charge in [0, 0.05) is 11.8 Å². The van der Waals surface area contributed by atoms with Gasteiger partial charge >= 0.3 is 5.97 Å². The summed E-state index contributed by atoms with van der Waals surface area (Å²) >= 11 is 0. The molecule has 0 spiro atoms. The number of carbonyl (C=O) groups is 1. The number of phenols is 1. The molecule has 98 valence electrons. The van der Waals surface area contributed by atoms with Gasteiger partial charge in [0.15, 0.2) is 11.5 Å². The predicted octanol–water partition coefficient (Wildman–Crippen LogP) is 0.599. The van der Waals surface area contributed by atoms with Crippen molar-refractivity contribution in [2.24, 2.45) is 4.99 Å². The minimum Gasteiger partial charge on any atom is -0.504 e. The van der Waals surface area contributed by atoms with Crippen molar-refractivity contribution in [2.75, 3.05) is 27.4 Å². The van der Waals surface area contributed by atoms with Crippen LogP contribution in [0.4, 0.5) is 0 Å². The van der Waals surface area contributed by atoms with Crippen molar-refractivity contribution in [3.05, 3.63) is 23.3 Å². The molecule has 2 N–H and O–H groups in total.